The van der Waals surface area contributed by atoms with Crippen LogP contribution in [0.5, 0.6) is 0 Å². The van der Waals surface area contributed by atoms with Crippen LogP contribution in [0.25, 0.3) is 11.3 Å². The highest BCUT2D eigenvalue weighted by Crippen LogP contribution is 2.22. The van der Waals surface area contributed by atoms with Gasteiger partial charge in [-0.15, -0.1) is 0 Å². The zero-order valence-corrected chi connectivity index (χ0v) is 15.2. The van der Waals surface area contributed by atoms with Crippen molar-refractivity contribution in [3.05, 3.63) is 66.7 Å². The van der Waals surface area contributed by atoms with Crippen molar-refractivity contribution in [3.63, 3.8) is 0 Å². The Labute approximate surface area is 158 Å². The molecule has 136 valence electrons. The molecule has 4 rings (SSSR count). The minimum atomic E-state index is 0.0634. The second kappa shape index (κ2) is 7.53. The van der Waals surface area contributed by atoms with E-state index < -0.39 is 0 Å². The molecular formula is C21H21N5O. The third-order valence-corrected chi connectivity index (χ3v) is 4.84. The highest BCUT2D eigenvalue weighted by Gasteiger charge is 2.19. The smallest absolute Gasteiger partial charge is 0.159 e. The summed E-state index contributed by atoms with van der Waals surface area (Å²) in [4.78, 5) is 29.3. The number of carbonyl (C=O) groups excluding carboxylic acids is 1. The molecule has 6 heteroatoms. The zero-order valence-electron chi connectivity index (χ0n) is 15.2. The Morgan fingerprint density at radius 2 is 1.52 bits per heavy atom. The van der Waals surface area contributed by atoms with Gasteiger partial charge in [-0.2, -0.15) is 0 Å². The first kappa shape index (κ1) is 17.1. The van der Waals surface area contributed by atoms with Gasteiger partial charge in [-0.25, -0.2) is 4.98 Å². The van der Waals surface area contributed by atoms with Gasteiger partial charge < -0.3 is 9.80 Å². The fourth-order valence-corrected chi connectivity index (χ4v) is 3.27. The number of hydrogen-bond acceptors (Lipinski definition) is 6. The number of pyridine rings is 1. The minimum absolute atomic E-state index is 0.0634. The number of hydrogen-bond donors (Lipinski definition) is 0. The van der Waals surface area contributed by atoms with Crippen LogP contribution in [0.3, 0.4) is 0 Å². The average molecular weight is 359 g/mol. The van der Waals surface area contributed by atoms with Gasteiger partial charge in [0, 0.05) is 55.4 Å². The van der Waals surface area contributed by atoms with Crippen LogP contribution in [0.4, 0.5) is 11.5 Å². The predicted molar refractivity (Wildman–Crippen MR) is 106 cm³/mol. The second-order valence-corrected chi connectivity index (χ2v) is 6.58. The van der Waals surface area contributed by atoms with Crippen molar-refractivity contribution >= 4 is 17.3 Å². The maximum Gasteiger partial charge on any atom is 0.159 e. The van der Waals surface area contributed by atoms with Crippen molar-refractivity contribution in [2.24, 2.45) is 0 Å². The van der Waals surface area contributed by atoms with Crippen LogP contribution in [-0.4, -0.2) is 46.9 Å². The minimum Gasteiger partial charge on any atom is -0.368 e. The van der Waals surface area contributed by atoms with Crippen LogP contribution in [0.2, 0.25) is 0 Å². The lowest BCUT2D eigenvalue weighted by atomic mass is 10.1. The van der Waals surface area contributed by atoms with Crippen molar-refractivity contribution in [1.29, 1.82) is 0 Å². The Kier molecular flexibility index (Phi) is 4.78. The van der Waals surface area contributed by atoms with E-state index >= 15 is 0 Å². The van der Waals surface area contributed by atoms with Crippen LogP contribution < -0.4 is 9.80 Å². The van der Waals surface area contributed by atoms with Gasteiger partial charge in [-0.05, 0) is 19.1 Å². The van der Waals surface area contributed by atoms with Crippen LogP contribution >= 0.6 is 0 Å². The molecule has 3 aromatic rings. The lowest BCUT2D eigenvalue weighted by molar-refractivity contribution is 0.101. The molecule has 0 saturated carbocycles. The van der Waals surface area contributed by atoms with Crippen molar-refractivity contribution in [2.75, 3.05) is 36.0 Å². The topological polar surface area (TPSA) is 62.2 Å². The van der Waals surface area contributed by atoms with Gasteiger partial charge in [-0.1, -0.05) is 24.3 Å². The highest BCUT2D eigenvalue weighted by molar-refractivity contribution is 5.94. The summed E-state index contributed by atoms with van der Waals surface area (Å²) in [6.45, 7) is 5.22. The number of piperazine rings is 1. The van der Waals surface area contributed by atoms with Gasteiger partial charge in [0.15, 0.2) is 5.78 Å². The molecule has 0 unspecified atom stereocenters. The number of rotatable bonds is 4. The van der Waals surface area contributed by atoms with E-state index in [1.165, 1.54) is 5.69 Å². The summed E-state index contributed by atoms with van der Waals surface area (Å²) in [7, 11) is 0. The van der Waals surface area contributed by atoms with Crippen molar-refractivity contribution in [1.82, 2.24) is 15.0 Å². The zero-order chi connectivity index (χ0) is 18.6. The largest absolute Gasteiger partial charge is 0.368 e. The maximum absolute atomic E-state index is 11.4. The van der Waals surface area contributed by atoms with Crippen LogP contribution in [0.1, 0.15) is 17.3 Å². The first-order valence-corrected chi connectivity index (χ1v) is 9.04. The van der Waals surface area contributed by atoms with E-state index in [9.17, 15) is 4.79 Å². The molecule has 0 bridgehead atoms. The van der Waals surface area contributed by atoms with E-state index in [0.717, 1.165) is 43.3 Å². The van der Waals surface area contributed by atoms with E-state index in [-0.39, 0.29) is 5.78 Å². The number of anilines is 2. The summed E-state index contributed by atoms with van der Waals surface area (Å²) < 4.78 is 0. The molecule has 0 N–H and O–H groups in total. The molecule has 1 fully saturated rings. The lowest BCUT2D eigenvalue weighted by Crippen LogP contribution is -2.46. The van der Waals surface area contributed by atoms with Gasteiger partial charge in [0.2, 0.25) is 0 Å². The average Bonchev–Trinajstić information content (AvgIpc) is 2.75. The molecule has 6 nitrogen and oxygen atoms in total. The summed E-state index contributed by atoms with van der Waals surface area (Å²) in [5.41, 5.74) is 3.69. The monoisotopic (exact) mass is 359 g/mol. The molecule has 0 spiro atoms. The fraction of sp³-hybridized carbons (Fsp3) is 0.238. The molecule has 3 heterocycles. The van der Waals surface area contributed by atoms with Crippen molar-refractivity contribution in [2.45, 2.75) is 6.92 Å². The van der Waals surface area contributed by atoms with Gasteiger partial charge >= 0.3 is 0 Å². The fourth-order valence-electron chi connectivity index (χ4n) is 3.27. The van der Waals surface area contributed by atoms with Gasteiger partial charge in [0.05, 0.1) is 18.1 Å². The normalized spacial score (nSPS) is 14.3. The number of carbonyl (C=O) groups is 1. The Morgan fingerprint density at radius 3 is 2.19 bits per heavy atom. The van der Waals surface area contributed by atoms with Crippen molar-refractivity contribution in [3.8, 4) is 11.3 Å². The van der Waals surface area contributed by atoms with E-state index in [0.29, 0.717) is 5.56 Å². The Bertz CT molecular complexity index is 919. The van der Waals surface area contributed by atoms with E-state index in [1.807, 2.05) is 55.0 Å². The van der Waals surface area contributed by atoms with Crippen LogP contribution in [0.15, 0.2) is 61.2 Å². The molecule has 2 aromatic heterocycles. The molecule has 0 atom stereocenters. The van der Waals surface area contributed by atoms with E-state index in [2.05, 4.69) is 19.8 Å². The number of benzene rings is 1. The number of Topliss-reactive ketones (excluding diaryl/α,β-unsaturated/α-hetero) is 1. The molecule has 1 aromatic carbocycles. The van der Waals surface area contributed by atoms with E-state index in [1.54, 1.807) is 13.1 Å². The summed E-state index contributed by atoms with van der Waals surface area (Å²) in [6.07, 6.45) is 7.23. The molecule has 0 amide bonds. The third-order valence-electron chi connectivity index (χ3n) is 4.84. The van der Waals surface area contributed by atoms with Gasteiger partial charge in [0.25, 0.3) is 0 Å². The SMILES string of the molecule is CC(=O)c1ccc(-c2cncc(N3CCN(c4ccncc4)CC3)n2)cc1. The number of aromatic nitrogens is 3. The van der Waals surface area contributed by atoms with Gasteiger partial charge in [-0.3, -0.25) is 14.8 Å². The Balaban J connectivity index is 1.47. The van der Waals surface area contributed by atoms with Crippen LogP contribution in [-0.2, 0) is 0 Å². The predicted octanol–water partition coefficient (Wildman–Crippen LogP) is 3.07. The number of ketones is 1. The summed E-state index contributed by atoms with van der Waals surface area (Å²) in [5.74, 6) is 0.950. The second-order valence-electron chi connectivity index (χ2n) is 6.58. The lowest BCUT2D eigenvalue weighted by Gasteiger charge is -2.36. The molecular weight excluding hydrogens is 338 g/mol. The summed E-state index contributed by atoms with van der Waals surface area (Å²) in [6, 6.07) is 11.6. The molecule has 1 aliphatic heterocycles. The molecule has 1 aliphatic rings. The molecule has 1 saturated heterocycles. The first-order chi connectivity index (χ1) is 13.2. The molecule has 0 radical (unpaired) electrons. The Hall–Kier alpha value is -3.28. The highest BCUT2D eigenvalue weighted by atomic mass is 16.1. The molecule has 0 aliphatic carbocycles. The quantitative estimate of drug-likeness (QED) is 0.667. The maximum atomic E-state index is 11.4. The van der Waals surface area contributed by atoms with Crippen LogP contribution in [0, 0.1) is 0 Å². The van der Waals surface area contributed by atoms with E-state index in [4.69, 9.17) is 4.98 Å². The first-order valence-electron chi connectivity index (χ1n) is 9.04. The van der Waals surface area contributed by atoms with Crippen molar-refractivity contribution < 1.29 is 4.79 Å². The Morgan fingerprint density at radius 1 is 0.852 bits per heavy atom. The number of nitrogens with zero attached hydrogens (tertiary/aromatic N) is 5. The van der Waals surface area contributed by atoms with Gasteiger partial charge in [0.1, 0.15) is 5.82 Å². The summed E-state index contributed by atoms with van der Waals surface area (Å²) >= 11 is 0. The molecule has 27 heavy (non-hydrogen) atoms. The standard InChI is InChI=1S/C21H21N5O/c1-16(27)17-2-4-18(5-3-17)20-14-23-15-21(24-20)26-12-10-25(11-13-26)19-6-8-22-9-7-19/h2-9,14-15H,10-13H2,1H3. The third kappa shape index (κ3) is 3.79. The summed E-state index contributed by atoms with van der Waals surface area (Å²) in [5, 5.41) is 0.